The van der Waals surface area contributed by atoms with Gasteiger partial charge in [0.25, 0.3) is 0 Å². The van der Waals surface area contributed by atoms with Crippen molar-refractivity contribution in [2.45, 2.75) is 38.8 Å². The van der Waals surface area contributed by atoms with Crippen LogP contribution in [0.15, 0.2) is 6.20 Å². The van der Waals surface area contributed by atoms with Crippen LogP contribution in [-0.2, 0) is 4.74 Å². The van der Waals surface area contributed by atoms with Crippen molar-refractivity contribution < 1.29 is 4.74 Å². The van der Waals surface area contributed by atoms with Crippen LogP contribution in [0.3, 0.4) is 0 Å². The van der Waals surface area contributed by atoms with Gasteiger partial charge in [0.05, 0.1) is 18.0 Å². The maximum absolute atomic E-state index is 5.33. The smallest absolute Gasteiger partial charge is 0.243 e. The Balaban J connectivity index is 1.87. The van der Waals surface area contributed by atoms with Crippen LogP contribution in [0.2, 0.25) is 0 Å². The second-order valence-electron chi connectivity index (χ2n) is 5.21. The van der Waals surface area contributed by atoms with E-state index in [9.17, 15) is 0 Å². The predicted molar refractivity (Wildman–Crippen MR) is 74.1 cm³/mol. The second-order valence-corrected chi connectivity index (χ2v) is 5.21. The number of hydrogen-bond acceptors (Lipinski definition) is 6. The second kappa shape index (κ2) is 6.77. The van der Waals surface area contributed by atoms with Crippen LogP contribution in [0.4, 0.5) is 5.95 Å². The van der Waals surface area contributed by atoms with Crippen molar-refractivity contribution in [3.8, 4) is 0 Å². The molecule has 0 saturated carbocycles. The molecule has 0 aliphatic carbocycles. The predicted octanol–water partition coefficient (Wildman–Crippen LogP) is 1.09. The van der Waals surface area contributed by atoms with Crippen molar-refractivity contribution in [1.29, 1.82) is 0 Å². The molecule has 2 rings (SSSR count). The number of nitrogens with one attached hydrogen (secondary N) is 1. The Labute approximate surface area is 114 Å². The number of methoxy groups -OCH3 is 1. The molecule has 1 aromatic rings. The van der Waals surface area contributed by atoms with E-state index in [0.29, 0.717) is 12.0 Å². The van der Waals surface area contributed by atoms with Crippen molar-refractivity contribution in [1.82, 2.24) is 20.1 Å². The average molecular weight is 265 g/mol. The maximum atomic E-state index is 5.33. The highest BCUT2D eigenvalue weighted by Gasteiger charge is 2.21. The first-order valence-electron chi connectivity index (χ1n) is 6.85. The molecule has 1 unspecified atom stereocenters. The molecule has 0 radical (unpaired) electrons. The lowest BCUT2D eigenvalue weighted by Gasteiger charge is -2.34. The third kappa shape index (κ3) is 4.40. The normalized spacial score (nSPS) is 22.2. The molecular formula is C13H23N5O. The molecular weight excluding hydrogens is 242 g/mol. The van der Waals surface area contributed by atoms with Gasteiger partial charge in [-0.2, -0.15) is 5.10 Å². The van der Waals surface area contributed by atoms with Gasteiger partial charge in [-0.25, -0.2) is 4.98 Å². The van der Waals surface area contributed by atoms with E-state index in [-0.39, 0.29) is 6.10 Å². The van der Waals surface area contributed by atoms with Gasteiger partial charge >= 0.3 is 0 Å². The number of anilines is 1. The molecule has 19 heavy (non-hydrogen) atoms. The Morgan fingerprint density at radius 2 is 2.42 bits per heavy atom. The van der Waals surface area contributed by atoms with Crippen molar-refractivity contribution >= 4 is 5.95 Å². The lowest BCUT2D eigenvalue weighted by molar-refractivity contribution is 0.0680. The number of nitrogens with zero attached hydrogens (tertiary/aromatic N) is 4. The van der Waals surface area contributed by atoms with Gasteiger partial charge in [-0.15, -0.1) is 5.10 Å². The summed E-state index contributed by atoms with van der Waals surface area (Å²) in [7, 11) is 1.76. The molecule has 106 valence electrons. The molecule has 1 saturated heterocycles. The highest BCUT2D eigenvalue weighted by molar-refractivity contribution is 5.24. The summed E-state index contributed by atoms with van der Waals surface area (Å²) in [5.41, 5.74) is 0.887. The van der Waals surface area contributed by atoms with Crippen molar-refractivity contribution in [2.75, 3.05) is 32.1 Å². The summed E-state index contributed by atoms with van der Waals surface area (Å²) in [6.45, 7) is 7.14. The van der Waals surface area contributed by atoms with Gasteiger partial charge < -0.3 is 10.1 Å². The number of ether oxygens (including phenoxy) is 1. The van der Waals surface area contributed by atoms with Crippen molar-refractivity contribution in [3.63, 3.8) is 0 Å². The zero-order chi connectivity index (χ0) is 13.7. The molecule has 2 atom stereocenters. The first-order chi connectivity index (χ1) is 9.17. The quantitative estimate of drug-likeness (QED) is 0.860. The first kappa shape index (κ1) is 14.1. The van der Waals surface area contributed by atoms with Gasteiger partial charge in [0.15, 0.2) is 0 Å². The van der Waals surface area contributed by atoms with Crippen LogP contribution in [-0.4, -0.2) is 59.0 Å². The van der Waals surface area contributed by atoms with Crippen LogP contribution < -0.4 is 5.32 Å². The molecule has 0 aromatic carbocycles. The number of piperidine rings is 1. The minimum Gasteiger partial charge on any atom is -0.380 e. The zero-order valence-electron chi connectivity index (χ0n) is 12.0. The van der Waals surface area contributed by atoms with Gasteiger partial charge in [0.1, 0.15) is 0 Å². The molecule has 6 heteroatoms. The van der Waals surface area contributed by atoms with Crippen LogP contribution in [0.25, 0.3) is 0 Å². The number of aryl methyl sites for hydroxylation is 1. The van der Waals surface area contributed by atoms with Crippen LogP contribution >= 0.6 is 0 Å². The third-order valence-corrected chi connectivity index (χ3v) is 3.44. The fourth-order valence-electron chi connectivity index (χ4n) is 2.41. The molecule has 1 aliphatic heterocycles. The molecule has 1 aliphatic rings. The molecule has 1 aromatic heterocycles. The largest absolute Gasteiger partial charge is 0.380 e. The summed E-state index contributed by atoms with van der Waals surface area (Å²) in [4.78, 5) is 6.77. The summed E-state index contributed by atoms with van der Waals surface area (Å²) in [6, 6.07) is 0.390. The topological polar surface area (TPSA) is 63.2 Å². The van der Waals surface area contributed by atoms with Gasteiger partial charge in [-0.1, -0.05) is 0 Å². The van der Waals surface area contributed by atoms with E-state index in [1.54, 1.807) is 13.3 Å². The number of rotatable bonds is 5. The molecule has 2 heterocycles. The summed E-state index contributed by atoms with van der Waals surface area (Å²) in [5.74, 6) is 0.631. The monoisotopic (exact) mass is 265 g/mol. The van der Waals surface area contributed by atoms with E-state index in [2.05, 4.69) is 32.3 Å². The van der Waals surface area contributed by atoms with E-state index in [4.69, 9.17) is 4.74 Å². The molecule has 1 N–H and O–H groups in total. The summed E-state index contributed by atoms with van der Waals surface area (Å²) < 4.78 is 5.33. The summed E-state index contributed by atoms with van der Waals surface area (Å²) >= 11 is 0. The van der Waals surface area contributed by atoms with E-state index >= 15 is 0 Å². The van der Waals surface area contributed by atoms with Crippen molar-refractivity contribution in [2.24, 2.45) is 0 Å². The Hall–Kier alpha value is -1.27. The number of likely N-dealkylation sites (tertiary alicyclic amines) is 1. The Morgan fingerprint density at radius 1 is 1.58 bits per heavy atom. The SMILES string of the molecule is COC(C)CN1CCC[C@@H](Nc2nncc(C)n2)C1. The minimum atomic E-state index is 0.274. The van der Waals surface area contributed by atoms with Crippen LogP contribution in [0.5, 0.6) is 0 Å². The Bertz CT molecular complexity index is 400. The summed E-state index contributed by atoms with van der Waals surface area (Å²) in [6.07, 6.45) is 4.27. The molecule has 0 spiro atoms. The first-order valence-corrected chi connectivity index (χ1v) is 6.85. The van der Waals surface area contributed by atoms with E-state index < -0.39 is 0 Å². The fraction of sp³-hybridized carbons (Fsp3) is 0.769. The lowest BCUT2D eigenvalue weighted by atomic mass is 10.1. The fourth-order valence-corrected chi connectivity index (χ4v) is 2.41. The lowest BCUT2D eigenvalue weighted by Crippen LogP contribution is -2.45. The standard InChI is InChI=1S/C13H23N5O/c1-10-7-14-17-13(15-10)16-12-5-4-6-18(9-12)8-11(2)19-3/h7,11-12H,4-6,8-9H2,1-3H3,(H,15,16,17)/t11?,12-/m1/s1. The molecule has 0 bridgehead atoms. The Morgan fingerprint density at radius 3 is 3.16 bits per heavy atom. The van der Waals surface area contributed by atoms with Gasteiger partial charge in [0, 0.05) is 26.2 Å². The molecule has 0 amide bonds. The van der Waals surface area contributed by atoms with E-state index in [1.165, 1.54) is 6.42 Å². The summed E-state index contributed by atoms with van der Waals surface area (Å²) in [5, 5.41) is 11.3. The number of aromatic nitrogens is 3. The number of hydrogen-bond donors (Lipinski definition) is 1. The minimum absolute atomic E-state index is 0.274. The zero-order valence-corrected chi connectivity index (χ0v) is 12.0. The maximum Gasteiger partial charge on any atom is 0.243 e. The van der Waals surface area contributed by atoms with E-state index in [1.807, 2.05) is 6.92 Å². The van der Waals surface area contributed by atoms with Crippen LogP contribution in [0.1, 0.15) is 25.5 Å². The molecule has 6 nitrogen and oxygen atoms in total. The van der Waals surface area contributed by atoms with Gasteiger partial charge in [-0.05, 0) is 33.2 Å². The average Bonchev–Trinajstić information content (AvgIpc) is 2.39. The van der Waals surface area contributed by atoms with Gasteiger partial charge in [0.2, 0.25) is 5.95 Å². The van der Waals surface area contributed by atoms with Crippen molar-refractivity contribution in [3.05, 3.63) is 11.9 Å². The highest BCUT2D eigenvalue weighted by Crippen LogP contribution is 2.14. The Kier molecular flexibility index (Phi) is 5.04. The van der Waals surface area contributed by atoms with E-state index in [0.717, 1.165) is 31.7 Å². The molecule has 1 fully saturated rings. The van der Waals surface area contributed by atoms with Gasteiger partial charge in [-0.3, -0.25) is 4.90 Å². The highest BCUT2D eigenvalue weighted by atomic mass is 16.5. The van der Waals surface area contributed by atoms with Crippen LogP contribution in [0, 0.1) is 6.92 Å². The third-order valence-electron chi connectivity index (χ3n) is 3.44.